The van der Waals surface area contributed by atoms with Crippen molar-refractivity contribution in [2.45, 2.75) is 19.6 Å². The van der Waals surface area contributed by atoms with Crippen molar-refractivity contribution in [3.8, 4) is 5.75 Å². The highest BCUT2D eigenvalue weighted by Gasteiger charge is 1.99. The molecule has 0 aromatic heterocycles. The number of hydrogen-bond donors (Lipinski definition) is 0. The van der Waals surface area contributed by atoms with E-state index in [4.69, 9.17) is 4.74 Å². The lowest BCUT2D eigenvalue weighted by molar-refractivity contribution is 0.101. The Kier molecular flexibility index (Phi) is 6.95. The van der Waals surface area contributed by atoms with Crippen molar-refractivity contribution in [1.29, 1.82) is 0 Å². The highest BCUT2D eigenvalue weighted by atomic mass is 32.2. The van der Waals surface area contributed by atoms with Crippen LogP contribution in [0.1, 0.15) is 29.8 Å². The van der Waals surface area contributed by atoms with Gasteiger partial charge < -0.3 is 4.74 Å². The number of hydrogen-bond acceptors (Lipinski definition) is 3. The summed E-state index contributed by atoms with van der Waals surface area (Å²) in [4.78, 5) is 11.2. The first-order valence-corrected chi connectivity index (χ1v) is 8.82. The van der Waals surface area contributed by atoms with Gasteiger partial charge in [-0.1, -0.05) is 35.9 Å². The SMILES string of the molecule is CC(=O)c1ccc(OC/C=C(\C)CSCc2ccccc2)cc1. The van der Waals surface area contributed by atoms with E-state index < -0.39 is 0 Å². The van der Waals surface area contributed by atoms with Gasteiger partial charge in [-0.2, -0.15) is 11.8 Å². The third-order valence-electron chi connectivity index (χ3n) is 3.38. The second-order valence-corrected chi connectivity index (χ2v) is 6.41. The Morgan fingerprint density at radius 3 is 2.39 bits per heavy atom. The van der Waals surface area contributed by atoms with Crippen LogP contribution in [0.3, 0.4) is 0 Å². The van der Waals surface area contributed by atoms with Crippen LogP contribution in [0.25, 0.3) is 0 Å². The number of ketones is 1. The molecule has 2 aromatic rings. The number of carbonyl (C=O) groups is 1. The monoisotopic (exact) mass is 326 g/mol. The van der Waals surface area contributed by atoms with Crippen LogP contribution in [0.15, 0.2) is 66.2 Å². The van der Waals surface area contributed by atoms with Crippen LogP contribution < -0.4 is 4.74 Å². The molecule has 0 radical (unpaired) electrons. The molecule has 0 aliphatic carbocycles. The van der Waals surface area contributed by atoms with Crippen molar-refractivity contribution in [3.63, 3.8) is 0 Å². The van der Waals surface area contributed by atoms with Gasteiger partial charge in [-0.05, 0) is 49.8 Å². The smallest absolute Gasteiger partial charge is 0.159 e. The first kappa shape index (κ1) is 17.4. The minimum absolute atomic E-state index is 0.0720. The summed E-state index contributed by atoms with van der Waals surface area (Å²) < 4.78 is 5.68. The van der Waals surface area contributed by atoms with E-state index in [2.05, 4.69) is 37.3 Å². The number of thioether (sulfide) groups is 1. The largest absolute Gasteiger partial charge is 0.490 e. The summed E-state index contributed by atoms with van der Waals surface area (Å²) in [6.45, 7) is 4.24. The highest BCUT2D eigenvalue weighted by Crippen LogP contribution is 2.16. The molecule has 23 heavy (non-hydrogen) atoms. The Balaban J connectivity index is 1.71. The number of carbonyl (C=O) groups excluding carboxylic acids is 1. The summed E-state index contributed by atoms with van der Waals surface area (Å²) in [6, 6.07) is 17.8. The number of benzene rings is 2. The fraction of sp³-hybridized carbons (Fsp3) is 0.250. The molecule has 0 fully saturated rings. The van der Waals surface area contributed by atoms with E-state index in [1.54, 1.807) is 19.1 Å². The van der Waals surface area contributed by atoms with Gasteiger partial charge in [0, 0.05) is 17.1 Å². The number of rotatable bonds is 8. The Hall–Kier alpha value is -2.00. The highest BCUT2D eigenvalue weighted by molar-refractivity contribution is 7.98. The molecule has 0 aliphatic rings. The molecule has 2 rings (SSSR count). The van der Waals surface area contributed by atoms with Crippen molar-refractivity contribution >= 4 is 17.5 Å². The second-order valence-electron chi connectivity index (χ2n) is 5.42. The van der Waals surface area contributed by atoms with E-state index in [1.807, 2.05) is 30.0 Å². The topological polar surface area (TPSA) is 26.3 Å². The van der Waals surface area contributed by atoms with Crippen LogP contribution in [0, 0.1) is 0 Å². The third kappa shape index (κ3) is 6.33. The molecule has 0 spiro atoms. The summed E-state index contributed by atoms with van der Waals surface area (Å²) >= 11 is 1.90. The van der Waals surface area contributed by atoms with Gasteiger partial charge >= 0.3 is 0 Å². The maximum Gasteiger partial charge on any atom is 0.159 e. The second kappa shape index (κ2) is 9.21. The van der Waals surface area contributed by atoms with Crippen LogP contribution in [0.4, 0.5) is 0 Å². The predicted molar refractivity (Wildman–Crippen MR) is 98.3 cm³/mol. The average Bonchev–Trinajstić information content (AvgIpc) is 2.56. The number of Topliss-reactive ketones (excluding diaryl/α,β-unsaturated/α-hetero) is 1. The molecule has 2 aromatic carbocycles. The molecule has 0 saturated carbocycles. The lowest BCUT2D eigenvalue weighted by Gasteiger charge is -2.06. The molecule has 0 saturated heterocycles. The Labute approximate surface area is 142 Å². The van der Waals surface area contributed by atoms with Gasteiger partial charge in [-0.3, -0.25) is 4.79 Å². The first-order valence-electron chi connectivity index (χ1n) is 7.66. The lowest BCUT2D eigenvalue weighted by atomic mass is 10.1. The van der Waals surface area contributed by atoms with Gasteiger partial charge in [-0.15, -0.1) is 0 Å². The zero-order valence-corrected chi connectivity index (χ0v) is 14.4. The standard InChI is InChI=1S/C20H22O2S/c1-16(14-23-15-18-6-4-3-5-7-18)12-13-22-20-10-8-19(9-11-20)17(2)21/h3-12H,13-15H2,1-2H3/b16-12+. The van der Waals surface area contributed by atoms with Gasteiger partial charge in [0.25, 0.3) is 0 Å². The van der Waals surface area contributed by atoms with Crippen LogP contribution in [0.5, 0.6) is 5.75 Å². The quantitative estimate of drug-likeness (QED) is 0.496. The Morgan fingerprint density at radius 1 is 1.04 bits per heavy atom. The van der Waals surface area contributed by atoms with E-state index in [0.717, 1.165) is 17.3 Å². The van der Waals surface area contributed by atoms with Crippen LogP contribution in [-0.4, -0.2) is 18.1 Å². The third-order valence-corrected chi connectivity index (χ3v) is 4.58. The van der Waals surface area contributed by atoms with Gasteiger partial charge in [0.1, 0.15) is 12.4 Å². The molecular weight excluding hydrogens is 304 g/mol. The van der Waals surface area contributed by atoms with Gasteiger partial charge in [0.15, 0.2) is 5.78 Å². The van der Waals surface area contributed by atoms with Gasteiger partial charge in [-0.25, -0.2) is 0 Å². The molecule has 120 valence electrons. The summed E-state index contributed by atoms with van der Waals surface area (Å²) in [5.41, 5.74) is 3.37. The van der Waals surface area contributed by atoms with E-state index in [9.17, 15) is 4.79 Å². The minimum atomic E-state index is 0.0720. The molecule has 0 bridgehead atoms. The van der Waals surface area contributed by atoms with E-state index in [-0.39, 0.29) is 5.78 Å². The molecule has 0 heterocycles. The fourth-order valence-electron chi connectivity index (χ4n) is 2.03. The van der Waals surface area contributed by atoms with Crippen LogP contribution in [-0.2, 0) is 5.75 Å². The van der Waals surface area contributed by atoms with Crippen molar-refractivity contribution in [1.82, 2.24) is 0 Å². The average molecular weight is 326 g/mol. The zero-order valence-electron chi connectivity index (χ0n) is 13.6. The molecule has 2 nitrogen and oxygen atoms in total. The molecular formula is C20H22O2S. The Morgan fingerprint density at radius 2 is 1.74 bits per heavy atom. The van der Waals surface area contributed by atoms with Gasteiger partial charge in [0.2, 0.25) is 0 Å². The van der Waals surface area contributed by atoms with Crippen LogP contribution >= 0.6 is 11.8 Å². The van der Waals surface area contributed by atoms with Crippen molar-refractivity contribution in [2.75, 3.05) is 12.4 Å². The van der Waals surface area contributed by atoms with Crippen molar-refractivity contribution in [2.24, 2.45) is 0 Å². The van der Waals surface area contributed by atoms with E-state index >= 15 is 0 Å². The normalized spacial score (nSPS) is 11.3. The van der Waals surface area contributed by atoms with E-state index in [0.29, 0.717) is 12.2 Å². The predicted octanol–water partition coefficient (Wildman–Crippen LogP) is 5.15. The minimum Gasteiger partial charge on any atom is -0.490 e. The number of ether oxygens (including phenoxy) is 1. The lowest BCUT2D eigenvalue weighted by Crippen LogP contribution is -1.97. The molecule has 0 atom stereocenters. The Bertz CT molecular complexity index is 645. The summed E-state index contributed by atoms with van der Waals surface area (Å²) in [5.74, 6) is 2.89. The summed E-state index contributed by atoms with van der Waals surface area (Å²) in [7, 11) is 0. The first-order chi connectivity index (χ1) is 11.1. The fourth-order valence-corrected chi connectivity index (χ4v) is 3.00. The maximum atomic E-state index is 11.2. The molecule has 0 amide bonds. The summed E-state index contributed by atoms with van der Waals surface area (Å²) in [5, 5.41) is 0. The van der Waals surface area contributed by atoms with Crippen LogP contribution in [0.2, 0.25) is 0 Å². The van der Waals surface area contributed by atoms with Crippen molar-refractivity contribution in [3.05, 3.63) is 77.4 Å². The maximum absolute atomic E-state index is 11.2. The summed E-state index contributed by atoms with van der Waals surface area (Å²) in [6.07, 6.45) is 2.11. The van der Waals surface area contributed by atoms with Crippen molar-refractivity contribution < 1.29 is 9.53 Å². The molecule has 3 heteroatoms. The molecule has 0 unspecified atom stereocenters. The molecule has 0 N–H and O–H groups in total. The van der Waals surface area contributed by atoms with Gasteiger partial charge in [0.05, 0.1) is 0 Å². The molecule has 0 aliphatic heterocycles. The zero-order chi connectivity index (χ0) is 16.5. The van der Waals surface area contributed by atoms with E-state index in [1.165, 1.54) is 11.1 Å².